The van der Waals surface area contributed by atoms with Gasteiger partial charge in [0.2, 0.25) is 0 Å². The maximum Gasteiger partial charge on any atom is 0.251 e. The number of fused-ring (bicyclic) bond motifs is 1. The second-order valence-electron chi connectivity index (χ2n) is 14.8. The summed E-state index contributed by atoms with van der Waals surface area (Å²) in [4.78, 5) is 34.3. The highest BCUT2D eigenvalue weighted by atomic mass is 35.5. The minimum Gasteiger partial charge on any atom is -0.381 e. The van der Waals surface area contributed by atoms with Gasteiger partial charge in [-0.3, -0.25) is 9.59 Å². The van der Waals surface area contributed by atoms with Crippen molar-refractivity contribution < 1.29 is 14.3 Å². The summed E-state index contributed by atoms with van der Waals surface area (Å²) in [6, 6.07) is 21.7. The largest absolute Gasteiger partial charge is 0.381 e. The molecule has 0 aliphatic carbocycles. The molecule has 0 bridgehead atoms. The van der Waals surface area contributed by atoms with E-state index in [0.29, 0.717) is 48.4 Å². The average molecular weight is 775 g/mol. The number of hydrogen-bond acceptors (Lipinski definition) is 8. The number of carbonyl (C=O) groups is 2. The van der Waals surface area contributed by atoms with E-state index >= 15 is 0 Å². The monoisotopic (exact) mass is 774 g/mol. The van der Waals surface area contributed by atoms with Crippen molar-refractivity contribution in [1.29, 1.82) is 0 Å². The van der Waals surface area contributed by atoms with Crippen LogP contribution in [0.1, 0.15) is 69.8 Å². The van der Waals surface area contributed by atoms with Crippen LogP contribution < -0.4 is 21.3 Å². The Bertz CT molecular complexity index is 2230. The number of nitrogens with zero attached hydrogens (tertiary/aromatic N) is 4. The topological polar surface area (TPSA) is 125 Å². The van der Waals surface area contributed by atoms with E-state index in [-0.39, 0.29) is 30.9 Å². The van der Waals surface area contributed by atoms with Crippen LogP contribution in [0.5, 0.6) is 0 Å². The molecule has 3 aromatic carbocycles. The Morgan fingerprint density at radius 3 is 2.39 bits per heavy atom. The fourth-order valence-electron chi connectivity index (χ4n) is 7.50. The van der Waals surface area contributed by atoms with E-state index in [2.05, 4.69) is 89.1 Å². The van der Waals surface area contributed by atoms with Crippen molar-refractivity contribution >= 4 is 40.1 Å². The molecule has 2 aromatic heterocycles. The van der Waals surface area contributed by atoms with Crippen LogP contribution in [0.25, 0.3) is 22.2 Å². The molecule has 0 spiro atoms. The van der Waals surface area contributed by atoms with Gasteiger partial charge in [0.05, 0.1) is 17.3 Å². The Hall–Kier alpha value is -5.07. The zero-order valence-corrected chi connectivity index (χ0v) is 33.2. The van der Waals surface area contributed by atoms with E-state index in [1.807, 2.05) is 23.0 Å². The molecule has 292 valence electrons. The molecule has 2 aliphatic rings. The van der Waals surface area contributed by atoms with Crippen molar-refractivity contribution in [3.63, 3.8) is 0 Å². The smallest absolute Gasteiger partial charge is 0.251 e. The first-order chi connectivity index (χ1) is 27.2. The van der Waals surface area contributed by atoms with E-state index in [0.717, 1.165) is 77.1 Å². The SMILES string of the molecule is C=C1CN[C@@H]1CN(C)Cc1cccc(-c2cc(Cl)cc(CNC(=O)c3cccc(C(=O)NCc4c(CC)nc5c(cnn5CC)c4NC4CCOCC4)c3)c2)c1. The van der Waals surface area contributed by atoms with Gasteiger partial charge in [-0.05, 0) is 104 Å². The summed E-state index contributed by atoms with van der Waals surface area (Å²) in [5, 5.41) is 19.4. The number of benzene rings is 3. The Morgan fingerprint density at radius 1 is 0.964 bits per heavy atom. The molecule has 0 saturated carbocycles. The standard InChI is InChI=1S/C44H51ClN8O3/c1-5-39-37(41(50-36-13-15-56-16-14-36)38-25-49-53(6-2)42(38)51-39)24-48-44(55)33-12-8-11-32(20-33)43(54)47-23-30-18-34(21-35(45)19-30)31-10-7-9-29(17-31)26-52(4)27-40-28(3)22-46-40/h7-12,17-21,25,36,40,46H,3,5-6,13-16,22-24,26-27H2,1-2,4H3,(H,47,54)(H,48,55)(H,50,51)/t40-/m1/s1. The lowest BCUT2D eigenvalue weighted by molar-refractivity contribution is 0.0904. The third-order valence-corrected chi connectivity index (χ3v) is 10.9. The van der Waals surface area contributed by atoms with Crippen LogP contribution in [0, 0.1) is 0 Å². The van der Waals surface area contributed by atoms with Crippen molar-refractivity contribution in [2.75, 3.05) is 38.7 Å². The van der Waals surface area contributed by atoms with Gasteiger partial charge in [0, 0.05) is 92.0 Å². The predicted octanol–water partition coefficient (Wildman–Crippen LogP) is 6.74. The van der Waals surface area contributed by atoms with Crippen molar-refractivity contribution in [3.8, 4) is 11.1 Å². The molecule has 5 aromatic rings. The molecule has 11 nitrogen and oxygen atoms in total. The quantitative estimate of drug-likeness (QED) is 0.0863. The molecule has 2 aliphatic heterocycles. The maximum atomic E-state index is 13.6. The lowest BCUT2D eigenvalue weighted by Crippen LogP contribution is -2.51. The van der Waals surface area contributed by atoms with Gasteiger partial charge < -0.3 is 30.9 Å². The number of anilines is 1. The number of carbonyl (C=O) groups excluding carboxylic acids is 2. The van der Waals surface area contributed by atoms with Gasteiger partial charge in [0.25, 0.3) is 11.8 Å². The summed E-state index contributed by atoms with van der Waals surface area (Å²) in [7, 11) is 2.12. The predicted molar refractivity (Wildman–Crippen MR) is 223 cm³/mol. The third kappa shape index (κ3) is 9.13. The zero-order chi connectivity index (χ0) is 39.2. The second-order valence-corrected chi connectivity index (χ2v) is 15.2. The minimum absolute atomic E-state index is 0.247. The number of halogens is 1. The molecule has 2 fully saturated rings. The Morgan fingerprint density at radius 2 is 1.70 bits per heavy atom. The second kappa shape index (κ2) is 17.8. The Kier molecular flexibility index (Phi) is 12.5. The van der Waals surface area contributed by atoms with E-state index in [1.165, 1.54) is 11.1 Å². The minimum atomic E-state index is -0.284. The zero-order valence-electron chi connectivity index (χ0n) is 32.5. The van der Waals surface area contributed by atoms with Gasteiger partial charge in [-0.1, -0.05) is 49.4 Å². The first kappa shape index (κ1) is 39.2. The maximum absolute atomic E-state index is 13.6. The molecular weight excluding hydrogens is 724 g/mol. The van der Waals surface area contributed by atoms with Gasteiger partial charge in [-0.2, -0.15) is 5.10 Å². The molecule has 2 saturated heterocycles. The molecule has 4 heterocycles. The molecule has 7 rings (SSSR count). The van der Waals surface area contributed by atoms with E-state index < -0.39 is 0 Å². The van der Waals surface area contributed by atoms with E-state index in [9.17, 15) is 9.59 Å². The number of rotatable bonds is 15. The Balaban J connectivity index is 1.01. The van der Waals surface area contributed by atoms with Gasteiger partial charge >= 0.3 is 0 Å². The summed E-state index contributed by atoms with van der Waals surface area (Å²) in [5.41, 5.74) is 9.79. The van der Waals surface area contributed by atoms with Crippen LogP contribution in [0.2, 0.25) is 5.02 Å². The number of ether oxygens (including phenoxy) is 1. The fourth-order valence-corrected chi connectivity index (χ4v) is 7.76. The van der Waals surface area contributed by atoms with Gasteiger partial charge in [0.1, 0.15) is 0 Å². The molecule has 12 heteroatoms. The number of aryl methyl sites for hydroxylation is 2. The summed E-state index contributed by atoms with van der Waals surface area (Å²) in [6.07, 6.45) is 4.35. The van der Waals surface area contributed by atoms with Crippen LogP contribution in [-0.4, -0.2) is 76.9 Å². The summed E-state index contributed by atoms with van der Waals surface area (Å²) < 4.78 is 7.51. The van der Waals surface area contributed by atoms with Crippen LogP contribution in [0.4, 0.5) is 5.69 Å². The van der Waals surface area contributed by atoms with Crippen LogP contribution in [-0.2, 0) is 37.3 Å². The first-order valence-electron chi connectivity index (χ1n) is 19.5. The fraction of sp³-hybridized carbons (Fsp3) is 0.364. The number of likely N-dealkylation sites (N-methyl/N-ethyl adjacent to an activating group) is 1. The number of pyridine rings is 1. The van der Waals surface area contributed by atoms with Crippen molar-refractivity contribution in [3.05, 3.63) is 124 Å². The number of aromatic nitrogens is 3. The number of amides is 2. The van der Waals surface area contributed by atoms with Gasteiger partial charge in [-0.25, -0.2) is 9.67 Å². The van der Waals surface area contributed by atoms with Gasteiger partial charge in [0.15, 0.2) is 5.65 Å². The highest BCUT2D eigenvalue weighted by Crippen LogP contribution is 2.32. The molecule has 56 heavy (non-hydrogen) atoms. The average Bonchev–Trinajstić information content (AvgIpc) is 3.64. The van der Waals surface area contributed by atoms with Crippen LogP contribution >= 0.6 is 11.6 Å². The normalized spacial score (nSPS) is 15.9. The lowest BCUT2D eigenvalue weighted by Gasteiger charge is -2.34. The molecule has 4 N–H and O–H groups in total. The van der Waals surface area contributed by atoms with E-state index in [4.69, 9.17) is 21.3 Å². The molecule has 1 atom stereocenters. The summed E-state index contributed by atoms with van der Waals surface area (Å²) in [5.74, 6) is -0.560. The highest BCUT2D eigenvalue weighted by Gasteiger charge is 2.24. The lowest BCUT2D eigenvalue weighted by atomic mass is 9.99. The molecule has 0 unspecified atom stereocenters. The summed E-state index contributed by atoms with van der Waals surface area (Å²) >= 11 is 6.60. The summed E-state index contributed by atoms with van der Waals surface area (Å²) in [6.45, 7) is 13.5. The molecule has 0 radical (unpaired) electrons. The Labute approximate surface area is 333 Å². The molecule has 2 amide bonds. The van der Waals surface area contributed by atoms with Crippen LogP contribution in [0.15, 0.2) is 85.1 Å². The van der Waals surface area contributed by atoms with Crippen molar-refractivity contribution in [2.45, 2.75) is 71.4 Å². The number of nitrogens with one attached hydrogen (secondary N) is 4. The van der Waals surface area contributed by atoms with Crippen molar-refractivity contribution in [2.24, 2.45) is 0 Å². The third-order valence-electron chi connectivity index (χ3n) is 10.7. The first-order valence-corrected chi connectivity index (χ1v) is 19.9. The number of hydrogen-bond donors (Lipinski definition) is 4. The van der Waals surface area contributed by atoms with Crippen molar-refractivity contribution in [1.82, 2.24) is 35.6 Å². The van der Waals surface area contributed by atoms with Gasteiger partial charge in [-0.15, -0.1) is 0 Å². The molecular formula is C44H51ClN8O3. The van der Waals surface area contributed by atoms with E-state index in [1.54, 1.807) is 24.3 Å². The highest BCUT2D eigenvalue weighted by molar-refractivity contribution is 6.31. The van der Waals surface area contributed by atoms with Crippen LogP contribution in [0.3, 0.4) is 0 Å².